The van der Waals surface area contributed by atoms with Gasteiger partial charge in [-0.3, -0.25) is 43.2 Å². The molecule has 24 heteroatoms. The van der Waals surface area contributed by atoms with Gasteiger partial charge in [0.25, 0.3) is 0 Å². The summed E-state index contributed by atoms with van der Waals surface area (Å²) in [6, 6.07) is 5.72. The Morgan fingerprint density at radius 1 is 0.642 bits per heavy atom. The molecule has 0 aliphatic rings. The average Bonchev–Trinajstić information content (AvgIpc) is 3.28. The number of carboxylic acids is 1. The van der Waals surface area contributed by atoms with Gasteiger partial charge in [-0.15, -0.1) is 0 Å². The fourth-order valence-electron chi connectivity index (χ4n) is 6.08. The number of hydrogen-bond donors (Lipinski definition) is 12. The van der Waals surface area contributed by atoms with Crippen LogP contribution in [-0.2, 0) is 65.5 Å². The van der Waals surface area contributed by atoms with Crippen molar-refractivity contribution >= 4 is 71.0 Å². The van der Waals surface area contributed by atoms with Crippen LogP contribution < -0.4 is 42.5 Å². The van der Waals surface area contributed by atoms with Gasteiger partial charge in [-0.2, -0.15) is 11.8 Å². The zero-order valence-electron chi connectivity index (χ0n) is 37.5. The van der Waals surface area contributed by atoms with Crippen molar-refractivity contribution in [2.45, 2.75) is 95.2 Å². The van der Waals surface area contributed by atoms with E-state index in [-0.39, 0.29) is 38.0 Å². The number of hydrogen-bond acceptors (Lipinski definition) is 15. The van der Waals surface area contributed by atoms with Gasteiger partial charge in [0.1, 0.15) is 42.0 Å². The van der Waals surface area contributed by atoms with Crippen LogP contribution in [0.5, 0.6) is 5.75 Å². The van der Waals surface area contributed by atoms with Crippen molar-refractivity contribution in [2.24, 2.45) is 0 Å². The van der Waals surface area contributed by atoms with E-state index in [1.807, 2.05) is 0 Å². The van der Waals surface area contributed by atoms with Gasteiger partial charge in [0.2, 0.25) is 47.3 Å². The van der Waals surface area contributed by atoms with Gasteiger partial charge in [-0.05, 0) is 62.0 Å². The number of aliphatic hydroxyl groups is 2. The van der Waals surface area contributed by atoms with Gasteiger partial charge in [0, 0.05) is 26.2 Å². The highest BCUT2D eigenvalue weighted by Crippen LogP contribution is 2.12. The first-order valence-electron chi connectivity index (χ1n) is 21.1. The normalized spacial score (nSPS) is 13.9. The number of carboxylic acid groups (broad SMARTS) is 1. The van der Waals surface area contributed by atoms with E-state index in [0.29, 0.717) is 16.9 Å². The summed E-state index contributed by atoms with van der Waals surface area (Å²) in [5.74, 6) is -8.77. The van der Waals surface area contributed by atoms with Crippen molar-refractivity contribution in [2.75, 3.05) is 38.3 Å². The summed E-state index contributed by atoms with van der Waals surface area (Å²) >= 11 is 1.32. The van der Waals surface area contributed by atoms with E-state index >= 15 is 0 Å². The number of aromatic hydroxyl groups is 1. The number of thioether (sulfide) groups is 1. The first kappa shape index (κ1) is 56.3. The van der Waals surface area contributed by atoms with Crippen molar-refractivity contribution in [1.82, 2.24) is 42.5 Å². The summed E-state index contributed by atoms with van der Waals surface area (Å²) in [4.78, 5) is 128. The molecule has 23 nitrogen and oxygen atoms in total. The zero-order valence-corrected chi connectivity index (χ0v) is 38.3. The number of benzene rings is 2. The predicted molar refractivity (Wildman–Crippen MR) is 241 cm³/mol. The second kappa shape index (κ2) is 29.7. The lowest BCUT2D eigenvalue weighted by atomic mass is 10.0. The molecular weight excluding hydrogens is 901 g/mol. The molecule has 0 spiro atoms. The third-order valence-electron chi connectivity index (χ3n) is 9.53. The van der Waals surface area contributed by atoms with E-state index in [0.717, 1.165) is 6.92 Å². The van der Waals surface area contributed by atoms with Crippen molar-refractivity contribution < 1.29 is 73.1 Å². The van der Waals surface area contributed by atoms with Crippen LogP contribution in [0.1, 0.15) is 51.2 Å². The average molecular weight is 961 g/mol. The SMILES string of the molecule is CCOC(=O)[C@H](CCC(=O)O)NC(=O)[C@H](CO)NC(=O)[C@@H](NC(=O)[C@H](CCSC)NC(=O)[C@H](Cc1ccccc1)NC(=O)CNC(=O)CNC(=O)[C@H](Cc1ccc(O)cc1)NC(C)=O)[C@@H](C)O. The molecule has 0 aliphatic carbocycles. The largest absolute Gasteiger partial charge is 0.508 e. The fraction of sp³-hybridized carbons (Fsp3) is 0.488. The lowest BCUT2D eigenvalue weighted by Gasteiger charge is -2.27. The van der Waals surface area contributed by atoms with Gasteiger partial charge in [0.05, 0.1) is 32.4 Å². The molecule has 2 rings (SSSR count). The molecule has 12 N–H and O–H groups in total. The Morgan fingerprint density at radius 3 is 1.76 bits per heavy atom. The van der Waals surface area contributed by atoms with E-state index in [2.05, 4.69) is 42.5 Å². The molecule has 0 unspecified atom stereocenters. The second-order valence-electron chi connectivity index (χ2n) is 15.0. The minimum atomic E-state index is -1.76. The number of rotatable bonds is 29. The summed E-state index contributed by atoms with van der Waals surface area (Å²) < 4.78 is 4.88. The van der Waals surface area contributed by atoms with Crippen LogP contribution in [0.15, 0.2) is 54.6 Å². The zero-order chi connectivity index (χ0) is 50.1. The predicted octanol–water partition coefficient (Wildman–Crippen LogP) is -3.11. The van der Waals surface area contributed by atoms with Crippen molar-refractivity contribution in [3.8, 4) is 5.75 Å². The third kappa shape index (κ3) is 21.4. The topological polar surface area (TPSA) is 357 Å². The Balaban J connectivity index is 2.16. The molecule has 0 saturated heterocycles. The summed E-state index contributed by atoms with van der Waals surface area (Å²) in [5, 5.41) is 58.2. The van der Waals surface area contributed by atoms with Gasteiger partial charge in [0.15, 0.2) is 0 Å². The van der Waals surface area contributed by atoms with Crippen LogP contribution >= 0.6 is 11.8 Å². The molecule has 8 amide bonds. The van der Waals surface area contributed by atoms with Crippen molar-refractivity contribution in [3.05, 3.63) is 65.7 Å². The molecule has 67 heavy (non-hydrogen) atoms. The second-order valence-corrected chi connectivity index (χ2v) is 16.0. The van der Waals surface area contributed by atoms with Crippen LogP contribution in [0.3, 0.4) is 0 Å². The Labute approximate surface area is 390 Å². The first-order valence-corrected chi connectivity index (χ1v) is 22.5. The van der Waals surface area contributed by atoms with Crippen LogP contribution in [-0.4, -0.2) is 160 Å². The van der Waals surface area contributed by atoms with E-state index in [1.165, 1.54) is 37.7 Å². The van der Waals surface area contributed by atoms with Gasteiger partial charge < -0.3 is 67.7 Å². The quantitative estimate of drug-likeness (QED) is 0.0359. The molecule has 0 bridgehead atoms. The molecule has 0 heterocycles. The molecule has 7 atom stereocenters. The molecule has 2 aromatic rings. The molecule has 368 valence electrons. The highest BCUT2D eigenvalue weighted by atomic mass is 32.2. The van der Waals surface area contributed by atoms with E-state index in [1.54, 1.807) is 48.7 Å². The number of ether oxygens (including phenoxy) is 1. The summed E-state index contributed by atoms with van der Waals surface area (Å²) in [5.41, 5.74) is 1.22. The molecule has 2 aromatic carbocycles. The van der Waals surface area contributed by atoms with Crippen molar-refractivity contribution in [1.29, 1.82) is 0 Å². The molecule has 0 aliphatic heterocycles. The Kier molecular flexibility index (Phi) is 25.0. The highest BCUT2D eigenvalue weighted by Gasteiger charge is 2.34. The van der Waals surface area contributed by atoms with Crippen LogP contribution in [0.2, 0.25) is 0 Å². The van der Waals surface area contributed by atoms with E-state index in [4.69, 9.17) is 9.84 Å². The van der Waals surface area contributed by atoms with Gasteiger partial charge in [-0.25, -0.2) is 4.79 Å². The summed E-state index contributed by atoms with van der Waals surface area (Å²) in [6.45, 7) is 1.52. The van der Waals surface area contributed by atoms with Crippen LogP contribution in [0.25, 0.3) is 0 Å². The molecular formula is C43H60N8O15S. The fourth-order valence-corrected chi connectivity index (χ4v) is 6.55. The first-order chi connectivity index (χ1) is 31.8. The van der Waals surface area contributed by atoms with E-state index in [9.17, 15) is 63.3 Å². The lowest BCUT2D eigenvalue weighted by molar-refractivity contribution is -0.148. The smallest absolute Gasteiger partial charge is 0.328 e. The number of phenolic OH excluding ortho intramolecular Hbond substituents is 1. The Bertz CT molecular complexity index is 2010. The number of phenols is 1. The number of amides is 8. The van der Waals surface area contributed by atoms with Crippen LogP contribution in [0.4, 0.5) is 0 Å². The van der Waals surface area contributed by atoms with Gasteiger partial charge in [-0.1, -0.05) is 42.5 Å². The van der Waals surface area contributed by atoms with E-state index < -0.39 is 128 Å². The number of esters is 1. The number of carbonyl (C=O) groups is 10. The van der Waals surface area contributed by atoms with Crippen LogP contribution in [0, 0.1) is 0 Å². The molecule has 0 saturated carbocycles. The molecule has 0 aromatic heterocycles. The summed E-state index contributed by atoms with van der Waals surface area (Å²) in [7, 11) is 0. The minimum Gasteiger partial charge on any atom is -0.508 e. The Hall–Kier alpha value is -6.79. The molecule has 0 radical (unpaired) electrons. The summed E-state index contributed by atoms with van der Waals surface area (Å²) in [6.07, 6.45) is -0.822. The number of carbonyl (C=O) groups excluding carboxylic acids is 9. The third-order valence-corrected chi connectivity index (χ3v) is 10.2. The number of nitrogens with one attached hydrogen (secondary N) is 8. The number of aliphatic carboxylic acids is 1. The van der Waals surface area contributed by atoms with Gasteiger partial charge >= 0.3 is 11.9 Å². The lowest BCUT2D eigenvalue weighted by Crippen LogP contribution is -2.62. The molecule has 0 fully saturated rings. The maximum absolute atomic E-state index is 13.9. The monoisotopic (exact) mass is 960 g/mol. The highest BCUT2D eigenvalue weighted by molar-refractivity contribution is 7.98. The maximum Gasteiger partial charge on any atom is 0.328 e. The number of aliphatic hydroxyl groups excluding tert-OH is 2. The van der Waals surface area contributed by atoms with Crippen molar-refractivity contribution in [3.63, 3.8) is 0 Å². The maximum atomic E-state index is 13.9. The minimum absolute atomic E-state index is 0.00587. The Morgan fingerprint density at radius 2 is 1.19 bits per heavy atom. The standard InChI is InChI=1S/C43H60N8O15S/c1-5-66-43(65)30(15-16-36(58)59)49-41(63)33(23-52)50-42(64)37(24(2)53)51-39(61)29(17-18-67-4)48-40(62)32(19-26-9-7-6-8-10-26)47-35(57)22-44-34(56)21-45-38(60)31(46-25(3)54)20-27-11-13-28(55)14-12-27/h6-14,24,29-33,37,52-53,55H,5,15-23H2,1-4H3,(H,44,56)(H,45,60)(H,46,54)(H,47,57)(H,48,62)(H,49,63)(H,50,64)(H,51,61)(H,58,59)/t24-,29+,30+,31+,32+,33+,37+/m1/s1.